The van der Waals surface area contributed by atoms with E-state index in [2.05, 4.69) is 0 Å². The highest BCUT2D eigenvalue weighted by molar-refractivity contribution is 6.32. The standard InChI is InChI=1S/C14H16Cl2O2.CH4/c15-12-8-10(13(16)14(17)18)6-7-11(12)9-4-2-1-3-5-9;/h6-9,13H,1-5H2,(H,17,18);1H4. The third kappa shape index (κ3) is 3.87. The van der Waals surface area contributed by atoms with Gasteiger partial charge in [0.2, 0.25) is 0 Å². The van der Waals surface area contributed by atoms with Crippen LogP contribution in [0.5, 0.6) is 0 Å². The number of hydrogen-bond donors (Lipinski definition) is 1. The fourth-order valence-electron chi connectivity index (χ4n) is 2.59. The fourth-order valence-corrected chi connectivity index (χ4v) is 3.07. The van der Waals surface area contributed by atoms with E-state index in [4.69, 9.17) is 28.3 Å². The Balaban J connectivity index is 0.00000180. The van der Waals surface area contributed by atoms with Crippen molar-refractivity contribution >= 4 is 29.2 Å². The average molecular weight is 303 g/mol. The Morgan fingerprint density at radius 3 is 2.42 bits per heavy atom. The number of carboxylic acid groups (broad SMARTS) is 1. The first-order valence-electron chi connectivity index (χ1n) is 6.26. The maximum Gasteiger partial charge on any atom is 0.326 e. The minimum atomic E-state index is -1.04. The zero-order valence-corrected chi connectivity index (χ0v) is 11.5. The van der Waals surface area contributed by atoms with Crippen molar-refractivity contribution in [1.29, 1.82) is 0 Å². The first-order chi connectivity index (χ1) is 8.59. The van der Waals surface area contributed by atoms with Crippen LogP contribution in [-0.4, -0.2) is 11.1 Å². The molecule has 106 valence electrons. The van der Waals surface area contributed by atoms with Crippen LogP contribution in [-0.2, 0) is 4.79 Å². The van der Waals surface area contributed by atoms with Gasteiger partial charge in [-0.2, -0.15) is 0 Å². The molecule has 0 bridgehead atoms. The molecule has 1 fully saturated rings. The lowest BCUT2D eigenvalue weighted by Gasteiger charge is -2.23. The van der Waals surface area contributed by atoms with E-state index in [1.807, 2.05) is 6.07 Å². The first kappa shape index (κ1) is 16.3. The van der Waals surface area contributed by atoms with Gasteiger partial charge in [0.05, 0.1) is 0 Å². The molecule has 1 atom stereocenters. The van der Waals surface area contributed by atoms with Crippen molar-refractivity contribution in [1.82, 2.24) is 0 Å². The van der Waals surface area contributed by atoms with Crippen LogP contribution in [0.3, 0.4) is 0 Å². The van der Waals surface area contributed by atoms with Crippen molar-refractivity contribution in [3.8, 4) is 0 Å². The molecule has 0 heterocycles. The molecule has 1 unspecified atom stereocenters. The van der Waals surface area contributed by atoms with Gasteiger partial charge < -0.3 is 5.11 Å². The molecule has 2 nitrogen and oxygen atoms in total. The number of carbonyl (C=O) groups is 1. The molecule has 1 aliphatic rings. The third-order valence-electron chi connectivity index (χ3n) is 3.58. The minimum absolute atomic E-state index is 0. The van der Waals surface area contributed by atoms with Crippen LogP contribution in [0.2, 0.25) is 5.02 Å². The lowest BCUT2D eigenvalue weighted by Crippen LogP contribution is -2.08. The van der Waals surface area contributed by atoms with Gasteiger partial charge in [0.1, 0.15) is 0 Å². The van der Waals surface area contributed by atoms with Gasteiger partial charge >= 0.3 is 5.97 Å². The van der Waals surface area contributed by atoms with Crippen molar-refractivity contribution in [2.24, 2.45) is 0 Å². The van der Waals surface area contributed by atoms with Gasteiger partial charge in [-0.3, -0.25) is 4.79 Å². The van der Waals surface area contributed by atoms with Gasteiger partial charge in [0, 0.05) is 5.02 Å². The Morgan fingerprint density at radius 2 is 1.89 bits per heavy atom. The van der Waals surface area contributed by atoms with Crippen molar-refractivity contribution in [2.45, 2.75) is 50.8 Å². The van der Waals surface area contributed by atoms with Crippen LogP contribution >= 0.6 is 23.2 Å². The molecule has 0 aliphatic heterocycles. The second-order valence-corrected chi connectivity index (χ2v) is 5.66. The molecule has 0 radical (unpaired) electrons. The predicted octanol–water partition coefficient (Wildman–Crippen LogP) is 5.39. The Labute approximate surface area is 124 Å². The Kier molecular flexibility index (Phi) is 6.15. The van der Waals surface area contributed by atoms with E-state index in [0.717, 1.165) is 5.56 Å². The number of aliphatic carboxylic acids is 1. The number of carboxylic acids is 1. The lowest BCUT2D eigenvalue weighted by atomic mass is 9.84. The van der Waals surface area contributed by atoms with E-state index < -0.39 is 11.3 Å². The van der Waals surface area contributed by atoms with E-state index >= 15 is 0 Å². The van der Waals surface area contributed by atoms with Crippen LogP contribution in [0.4, 0.5) is 0 Å². The summed E-state index contributed by atoms with van der Waals surface area (Å²) in [5.41, 5.74) is 1.68. The fraction of sp³-hybridized carbons (Fsp3) is 0.533. The Hall–Kier alpha value is -0.730. The van der Waals surface area contributed by atoms with Gasteiger partial charge in [0.25, 0.3) is 0 Å². The average Bonchev–Trinajstić information content (AvgIpc) is 2.38. The molecule has 0 aromatic heterocycles. The zero-order valence-electron chi connectivity index (χ0n) is 10.0. The van der Waals surface area contributed by atoms with Crippen LogP contribution in [0.25, 0.3) is 0 Å². The summed E-state index contributed by atoms with van der Waals surface area (Å²) in [5, 5.41) is 8.49. The largest absolute Gasteiger partial charge is 0.480 e. The maximum absolute atomic E-state index is 10.8. The second kappa shape index (κ2) is 7.16. The molecule has 4 heteroatoms. The molecule has 1 aliphatic carbocycles. The number of halogens is 2. The molecular formula is C15H20Cl2O2. The number of hydrogen-bond acceptors (Lipinski definition) is 1. The Bertz CT molecular complexity index is 440. The quantitative estimate of drug-likeness (QED) is 0.760. The van der Waals surface area contributed by atoms with E-state index in [-0.39, 0.29) is 7.43 Å². The maximum atomic E-state index is 10.8. The summed E-state index contributed by atoms with van der Waals surface area (Å²) in [6.07, 6.45) is 6.13. The molecule has 1 saturated carbocycles. The van der Waals surface area contributed by atoms with Crippen molar-refractivity contribution in [3.05, 3.63) is 34.3 Å². The summed E-state index contributed by atoms with van der Waals surface area (Å²) in [4.78, 5) is 10.8. The van der Waals surface area contributed by atoms with E-state index in [9.17, 15) is 4.79 Å². The van der Waals surface area contributed by atoms with Crippen LogP contribution in [0.1, 0.15) is 62.0 Å². The molecule has 19 heavy (non-hydrogen) atoms. The van der Waals surface area contributed by atoms with E-state index in [0.29, 0.717) is 16.5 Å². The number of benzene rings is 1. The van der Waals surface area contributed by atoms with E-state index in [1.165, 1.54) is 32.1 Å². The smallest absolute Gasteiger partial charge is 0.326 e. The topological polar surface area (TPSA) is 37.3 Å². The van der Waals surface area contributed by atoms with Gasteiger partial charge in [0.15, 0.2) is 5.38 Å². The summed E-state index contributed by atoms with van der Waals surface area (Å²) >= 11 is 12.1. The van der Waals surface area contributed by atoms with E-state index in [1.54, 1.807) is 12.1 Å². The van der Waals surface area contributed by atoms with Crippen molar-refractivity contribution < 1.29 is 9.90 Å². The summed E-state index contributed by atoms with van der Waals surface area (Å²) < 4.78 is 0. The number of rotatable bonds is 3. The molecule has 2 rings (SSSR count). The minimum Gasteiger partial charge on any atom is -0.480 e. The van der Waals surface area contributed by atoms with Crippen LogP contribution in [0.15, 0.2) is 18.2 Å². The normalized spacial score (nSPS) is 17.6. The zero-order chi connectivity index (χ0) is 13.1. The highest BCUT2D eigenvalue weighted by Gasteiger charge is 2.21. The number of alkyl halides is 1. The Morgan fingerprint density at radius 1 is 1.26 bits per heavy atom. The van der Waals surface area contributed by atoms with Gasteiger partial charge in [-0.1, -0.05) is 50.4 Å². The molecule has 0 spiro atoms. The summed E-state index contributed by atoms with van der Waals surface area (Å²) in [7, 11) is 0. The van der Waals surface area contributed by atoms with Crippen LogP contribution < -0.4 is 0 Å². The van der Waals surface area contributed by atoms with Crippen LogP contribution in [0, 0.1) is 0 Å². The molecule has 1 N–H and O–H groups in total. The molecule has 1 aromatic rings. The molecule has 0 amide bonds. The summed E-state index contributed by atoms with van der Waals surface area (Å²) in [6, 6.07) is 5.41. The highest BCUT2D eigenvalue weighted by Crippen LogP contribution is 2.37. The molecule has 1 aromatic carbocycles. The van der Waals surface area contributed by atoms with Crippen molar-refractivity contribution in [2.75, 3.05) is 0 Å². The second-order valence-electron chi connectivity index (χ2n) is 4.82. The first-order valence-corrected chi connectivity index (χ1v) is 7.07. The SMILES string of the molecule is C.O=C(O)C(Cl)c1ccc(C2CCCCC2)c(Cl)c1. The third-order valence-corrected chi connectivity index (χ3v) is 4.34. The van der Waals surface area contributed by atoms with Gasteiger partial charge in [-0.05, 0) is 36.0 Å². The highest BCUT2D eigenvalue weighted by atomic mass is 35.5. The molecular weight excluding hydrogens is 283 g/mol. The predicted molar refractivity (Wildman–Crippen MR) is 80.2 cm³/mol. The monoisotopic (exact) mass is 302 g/mol. The van der Waals surface area contributed by atoms with Gasteiger partial charge in [-0.25, -0.2) is 0 Å². The van der Waals surface area contributed by atoms with Gasteiger partial charge in [-0.15, -0.1) is 11.6 Å². The molecule has 0 saturated heterocycles. The summed E-state index contributed by atoms with van der Waals surface area (Å²) in [6.45, 7) is 0. The summed E-state index contributed by atoms with van der Waals surface area (Å²) in [5.74, 6) is -0.531. The van der Waals surface area contributed by atoms with Crippen molar-refractivity contribution in [3.63, 3.8) is 0 Å². The lowest BCUT2D eigenvalue weighted by molar-refractivity contribution is -0.136.